The lowest BCUT2D eigenvalue weighted by Crippen LogP contribution is -2.49. The summed E-state index contributed by atoms with van der Waals surface area (Å²) < 4.78 is 5.70. The molecule has 2 heterocycles. The van der Waals surface area contributed by atoms with E-state index in [0.717, 1.165) is 32.2 Å². The average molecular weight is 198 g/mol. The summed E-state index contributed by atoms with van der Waals surface area (Å²) in [4.78, 5) is 2.53. The summed E-state index contributed by atoms with van der Waals surface area (Å²) in [5.41, 5.74) is 0. The standard InChI is InChI=1S/C11H22N2O/c1-10-2-4-13(5-3-10)6-7-14-11-8-12-9-11/h10-12H,2-9H2,1H3. The van der Waals surface area contributed by atoms with E-state index in [1.54, 1.807) is 0 Å². The maximum absolute atomic E-state index is 5.70. The second-order valence-electron chi connectivity index (χ2n) is 4.68. The number of hydrogen-bond acceptors (Lipinski definition) is 3. The molecule has 0 amide bonds. The van der Waals surface area contributed by atoms with E-state index in [1.165, 1.54) is 25.9 Å². The summed E-state index contributed by atoms with van der Waals surface area (Å²) in [7, 11) is 0. The summed E-state index contributed by atoms with van der Waals surface area (Å²) >= 11 is 0. The Hall–Kier alpha value is -0.120. The number of likely N-dealkylation sites (tertiary alicyclic amines) is 1. The first-order valence-electron chi connectivity index (χ1n) is 5.89. The Morgan fingerprint density at radius 2 is 2.00 bits per heavy atom. The van der Waals surface area contributed by atoms with Crippen LogP contribution in [0.2, 0.25) is 0 Å². The molecule has 0 aliphatic carbocycles. The maximum Gasteiger partial charge on any atom is 0.0824 e. The van der Waals surface area contributed by atoms with Crippen molar-refractivity contribution in [3.8, 4) is 0 Å². The molecule has 14 heavy (non-hydrogen) atoms. The van der Waals surface area contributed by atoms with Gasteiger partial charge in [-0.2, -0.15) is 0 Å². The van der Waals surface area contributed by atoms with Gasteiger partial charge in [-0.1, -0.05) is 6.92 Å². The molecule has 2 saturated heterocycles. The Bertz CT molecular complexity index is 163. The van der Waals surface area contributed by atoms with E-state index in [0.29, 0.717) is 6.10 Å². The molecule has 0 bridgehead atoms. The Balaban J connectivity index is 1.52. The molecule has 82 valence electrons. The minimum atomic E-state index is 0.499. The molecule has 2 fully saturated rings. The quantitative estimate of drug-likeness (QED) is 0.720. The molecule has 2 rings (SSSR count). The minimum absolute atomic E-state index is 0.499. The zero-order valence-electron chi connectivity index (χ0n) is 9.17. The van der Waals surface area contributed by atoms with E-state index in [4.69, 9.17) is 4.74 Å². The molecule has 0 spiro atoms. The van der Waals surface area contributed by atoms with Gasteiger partial charge in [0.25, 0.3) is 0 Å². The summed E-state index contributed by atoms with van der Waals surface area (Å²) in [5.74, 6) is 0.933. The first-order chi connectivity index (χ1) is 6.84. The van der Waals surface area contributed by atoms with Crippen LogP contribution in [0.4, 0.5) is 0 Å². The Labute approximate surface area is 86.8 Å². The van der Waals surface area contributed by atoms with Crippen LogP contribution in [0.25, 0.3) is 0 Å². The molecule has 3 heteroatoms. The first-order valence-corrected chi connectivity index (χ1v) is 5.89. The van der Waals surface area contributed by atoms with Crippen LogP contribution in [-0.4, -0.2) is 50.3 Å². The number of piperidine rings is 1. The Morgan fingerprint density at radius 1 is 1.29 bits per heavy atom. The van der Waals surface area contributed by atoms with Crippen LogP contribution >= 0.6 is 0 Å². The van der Waals surface area contributed by atoms with E-state index in [-0.39, 0.29) is 0 Å². The molecule has 0 radical (unpaired) electrons. The number of ether oxygens (including phenoxy) is 1. The highest BCUT2D eigenvalue weighted by Crippen LogP contribution is 2.15. The second kappa shape index (κ2) is 5.10. The van der Waals surface area contributed by atoms with Crippen molar-refractivity contribution in [3.05, 3.63) is 0 Å². The smallest absolute Gasteiger partial charge is 0.0824 e. The van der Waals surface area contributed by atoms with Gasteiger partial charge in [-0.05, 0) is 31.8 Å². The fourth-order valence-corrected chi connectivity index (χ4v) is 2.01. The molecule has 0 aromatic carbocycles. The topological polar surface area (TPSA) is 24.5 Å². The molecular formula is C11H22N2O. The van der Waals surface area contributed by atoms with Gasteiger partial charge >= 0.3 is 0 Å². The van der Waals surface area contributed by atoms with Gasteiger partial charge in [-0.25, -0.2) is 0 Å². The zero-order valence-corrected chi connectivity index (χ0v) is 9.17. The predicted molar refractivity (Wildman–Crippen MR) is 57.4 cm³/mol. The number of rotatable bonds is 4. The molecule has 2 aliphatic heterocycles. The Morgan fingerprint density at radius 3 is 2.57 bits per heavy atom. The summed E-state index contributed by atoms with van der Waals surface area (Å²) in [6.07, 6.45) is 3.23. The van der Waals surface area contributed by atoms with Crippen molar-refractivity contribution in [1.82, 2.24) is 10.2 Å². The third-order valence-corrected chi connectivity index (χ3v) is 3.38. The van der Waals surface area contributed by atoms with E-state index in [2.05, 4.69) is 17.1 Å². The van der Waals surface area contributed by atoms with Crippen molar-refractivity contribution in [3.63, 3.8) is 0 Å². The third-order valence-electron chi connectivity index (χ3n) is 3.38. The van der Waals surface area contributed by atoms with Gasteiger partial charge in [0.05, 0.1) is 12.7 Å². The number of nitrogens with one attached hydrogen (secondary N) is 1. The summed E-state index contributed by atoms with van der Waals surface area (Å²) in [5, 5.41) is 3.22. The van der Waals surface area contributed by atoms with Gasteiger partial charge < -0.3 is 15.0 Å². The SMILES string of the molecule is CC1CCN(CCOC2CNC2)CC1. The summed E-state index contributed by atoms with van der Waals surface area (Å²) in [6.45, 7) is 9.05. The highest BCUT2D eigenvalue weighted by Gasteiger charge is 2.18. The molecule has 0 unspecified atom stereocenters. The number of hydrogen-bond donors (Lipinski definition) is 1. The minimum Gasteiger partial charge on any atom is -0.374 e. The van der Waals surface area contributed by atoms with E-state index in [1.807, 2.05) is 0 Å². The average Bonchev–Trinajstić information content (AvgIpc) is 2.12. The van der Waals surface area contributed by atoms with Crippen LogP contribution in [0.5, 0.6) is 0 Å². The molecule has 0 atom stereocenters. The lowest BCUT2D eigenvalue weighted by molar-refractivity contribution is 0.00422. The summed E-state index contributed by atoms with van der Waals surface area (Å²) in [6, 6.07) is 0. The van der Waals surface area contributed by atoms with Gasteiger partial charge in [0.2, 0.25) is 0 Å². The molecule has 3 nitrogen and oxygen atoms in total. The predicted octanol–water partition coefficient (Wildman–Crippen LogP) is 0.707. The maximum atomic E-state index is 5.70. The van der Waals surface area contributed by atoms with Gasteiger partial charge in [-0.3, -0.25) is 0 Å². The van der Waals surface area contributed by atoms with Crippen LogP contribution in [0, 0.1) is 5.92 Å². The van der Waals surface area contributed by atoms with Crippen LogP contribution in [-0.2, 0) is 4.74 Å². The normalized spacial score (nSPS) is 26.4. The van der Waals surface area contributed by atoms with E-state index >= 15 is 0 Å². The lowest BCUT2D eigenvalue weighted by Gasteiger charge is -2.32. The van der Waals surface area contributed by atoms with E-state index < -0.39 is 0 Å². The van der Waals surface area contributed by atoms with Crippen molar-refractivity contribution in [2.45, 2.75) is 25.9 Å². The first kappa shape index (κ1) is 10.4. The molecule has 0 aromatic heterocycles. The van der Waals surface area contributed by atoms with Gasteiger partial charge in [0, 0.05) is 19.6 Å². The highest BCUT2D eigenvalue weighted by molar-refractivity contribution is 4.75. The Kier molecular flexibility index (Phi) is 3.79. The van der Waals surface area contributed by atoms with Crippen molar-refractivity contribution in [1.29, 1.82) is 0 Å². The van der Waals surface area contributed by atoms with Crippen LogP contribution in [0.15, 0.2) is 0 Å². The largest absolute Gasteiger partial charge is 0.374 e. The van der Waals surface area contributed by atoms with Crippen LogP contribution in [0.3, 0.4) is 0 Å². The molecule has 2 aliphatic rings. The van der Waals surface area contributed by atoms with Crippen molar-refractivity contribution >= 4 is 0 Å². The lowest BCUT2D eigenvalue weighted by atomic mass is 9.99. The van der Waals surface area contributed by atoms with Gasteiger partial charge in [0.15, 0.2) is 0 Å². The monoisotopic (exact) mass is 198 g/mol. The second-order valence-corrected chi connectivity index (χ2v) is 4.68. The van der Waals surface area contributed by atoms with Crippen molar-refractivity contribution in [2.24, 2.45) is 5.92 Å². The fraction of sp³-hybridized carbons (Fsp3) is 1.00. The van der Waals surface area contributed by atoms with Crippen LogP contribution in [0.1, 0.15) is 19.8 Å². The van der Waals surface area contributed by atoms with Gasteiger partial charge in [-0.15, -0.1) is 0 Å². The molecule has 0 saturated carbocycles. The highest BCUT2D eigenvalue weighted by atomic mass is 16.5. The third kappa shape index (κ3) is 2.94. The number of nitrogens with zero attached hydrogens (tertiary/aromatic N) is 1. The van der Waals surface area contributed by atoms with Crippen molar-refractivity contribution in [2.75, 3.05) is 39.3 Å². The zero-order chi connectivity index (χ0) is 9.80. The van der Waals surface area contributed by atoms with Gasteiger partial charge in [0.1, 0.15) is 0 Å². The molecular weight excluding hydrogens is 176 g/mol. The molecule has 1 N–H and O–H groups in total. The van der Waals surface area contributed by atoms with Crippen molar-refractivity contribution < 1.29 is 4.74 Å². The van der Waals surface area contributed by atoms with Crippen LogP contribution < -0.4 is 5.32 Å². The van der Waals surface area contributed by atoms with E-state index in [9.17, 15) is 0 Å². The fourth-order valence-electron chi connectivity index (χ4n) is 2.01. The molecule has 0 aromatic rings.